The first-order valence-electron chi connectivity index (χ1n) is 9.93. The Bertz CT molecular complexity index is 1120. The number of carboxylic acid groups (broad SMARTS) is 1. The Morgan fingerprint density at radius 1 is 1.23 bits per heavy atom. The van der Waals surface area contributed by atoms with Gasteiger partial charge in [-0.15, -0.1) is 0 Å². The number of aliphatic carboxylic acids is 1. The molecule has 3 aromatic rings. The normalized spacial score (nSPS) is 13.3. The number of rotatable bonds is 6. The van der Waals surface area contributed by atoms with Crippen LogP contribution in [0, 0.1) is 19.8 Å². The number of aryl methyl sites for hydroxylation is 1. The van der Waals surface area contributed by atoms with Crippen LogP contribution < -0.4 is 4.74 Å². The van der Waals surface area contributed by atoms with Gasteiger partial charge in [-0.3, -0.25) is 4.79 Å². The molecule has 30 heavy (non-hydrogen) atoms. The van der Waals surface area contributed by atoms with Crippen molar-refractivity contribution in [2.75, 3.05) is 7.11 Å². The minimum Gasteiger partial charge on any atom is -0.495 e. The molecule has 0 aliphatic rings. The molecular weight excluding hydrogens is 418 g/mol. The predicted molar refractivity (Wildman–Crippen MR) is 126 cm³/mol. The predicted octanol–water partition coefficient (Wildman–Crippen LogP) is 6.36. The molecule has 0 aliphatic heterocycles. The molecule has 0 bridgehead atoms. The fourth-order valence-corrected chi connectivity index (χ4v) is 4.57. The van der Waals surface area contributed by atoms with Crippen molar-refractivity contribution < 1.29 is 14.6 Å². The SMILES string of the molecule is CCC(C)[C@H](C(=O)O)c1c(C)n(C(=S)c2ccc(C)cc2)c2cc(Cl)c(OC)cc12. The highest BCUT2D eigenvalue weighted by Crippen LogP contribution is 2.41. The maximum absolute atomic E-state index is 12.3. The molecule has 158 valence electrons. The fraction of sp³-hybridized carbons (Fsp3) is 0.333. The molecular formula is C24H26ClNO3S. The first kappa shape index (κ1) is 22.3. The van der Waals surface area contributed by atoms with E-state index in [9.17, 15) is 9.90 Å². The van der Waals surface area contributed by atoms with Gasteiger partial charge in [0, 0.05) is 16.6 Å². The summed E-state index contributed by atoms with van der Waals surface area (Å²) < 4.78 is 7.36. The molecule has 3 rings (SSSR count). The lowest BCUT2D eigenvalue weighted by molar-refractivity contribution is -0.140. The number of methoxy groups -OCH3 is 1. The number of aromatic nitrogens is 1. The van der Waals surface area contributed by atoms with Crippen LogP contribution >= 0.6 is 23.8 Å². The van der Waals surface area contributed by atoms with Crippen molar-refractivity contribution in [2.45, 2.75) is 40.0 Å². The van der Waals surface area contributed by atoms with Crippen molar-refractivity contribution in [1.82, 2.24) is 4.57 Å². The Morgan fingerprint density at radius 3 is 2.40 bits per heavy atom. The average molecular weight is 444 g/mol. The number of nitrogens with zero attached hydrogens (tertiary/aromatic N) is 1. The maximum atomic E-state index is 12.3. The number of carbonyl (C=O) groups is 1. The van der Waals surface area contributed by atoms with E-state index in [2.05, 4.69) is 0 Å². The van der Waals surface area contributed by atoms with Gasteiger partial charge in [-0.2, -0.15) is 0 Å². The zero-order valence-corrected chi connectivity index (χ0v) is 19.4. The van der Waals surface area contributed by atoms with Gasteiger partial charge in [0.15, 0.2) is 0 Å². The van der Waals surface area contributed by atoms with Crippen molar-refractivity contribution in [2.24, 2.45) is 5.92 Å². The smallest absolute Gasteiger partial charge is 0.311 e. The summed E-state index contributed by atoms with van der Waals surface area (Å²) in [4.78, 5) is 12.9. The molecule has 0 fully saturated rings. The number of thiocarbonyl (C=S) groups is 1. The number of benzene rings is 2. The van der Waals surface area contributed by atoms with Crippen molar-refractivity contribution in [3.63, 3.8) is 0 Å². The summed E-state index contributed by atoms with van der Waals surface area (Å²) >= 11 is 12.3. The number of carboxylic acids is 1. The van der Waals surface area contributed by atoms with E-state index in [0.717, 1.165) is 39.7 Å². The lowest BCUT2D eigenvalue weighted by atomic mass is 9.84. The van der Waals surface area contributed by atoms with Crippen LogP contribution in [-0.4, -0.2) is 27.7 Å². The van der Waals surface area contributed by atoms with Gasteiger partial charge in [0.1, 0.15) is 10.7 Å². The van der Waals surface area contributed by atoms with Crippen LogP contribution in [0.15, 0.2) is 36.4 Å². The van der Waals surface area contributed by atoms with E-state index >= 15 is 0 Å². The van der Waals surface area contributed by atoms with Crippen molar-refractivity contribution in [3.8, 4) is 5.75 Å². The van der Waals surface area contributed by atoms with Crippen LogP contribution in [0.5, 0.6) is 5.75 Å². The van der Waals surface area contributed by atoms with Crippen LogP contribution in [0.25, 0.3) is 10.9 Å². The topological polar surface area (TPSA) is 51.5 Å². The summed E-state index contributed by atoms with van der Waals surface area (Å²) in [6.45, 7) is 7.92. The Balaban J connectivity index is 2.36. The highest BCUT2D eigenvalue weighted by Gasteiger charge is 2.32. The number of halogens is 1. The minimum atomic E-state index is -0.846. The quantitative estimate of drug-likeness (QED) is 0.450. The monoisotopic (exact) mass is 443 g/mol. The molecule has 1 unspecified atom stereocenters. The van der Waals surface area contributed by atoms with E-state index in [4.69, 9.17) is 28.6 Å². The molecule has 0 saturated heterocycles. The summed E-state index contributed by atoms with van der Waals surface area (Å²) in [5.41, 5.74) is 4.40. The van der Waals surface area contributed by atoms with Crippen LogP contribution in [0.3, 0.4) is 0 Å². The van der Waals surface area contributed by atoms with Gasteiger partial charge in [0.25, 0.3) is 0 Å². The lowest BCUT2D eigenvalue weighted by Gasteiger charge is -2.20. The van der Waals surface area contributed by atoms with E-state index in [1.54, 1.807) is 7.11 Å². The molecule has 0 amide bonds. The number of hydrogen-bond donors (Lipinski definition) is 1. The lowest BCUT2D eigenvalue weighted by Crippen LogP contribution is -2.21. The van der Waals surface area contributed by atoms with Gasteiger partial charge < -0.3 is 14.4 Å². The van der Waals surface area contributed by atoms with Crippen LogP contribution in [0.4, 0.5) is 0 Å². The van der Waals surface area contributed by atoms with E-state index < -0.39 is 11.9 Å². The van der Waals surface area contributed by atoms with Crippen LogP contribution in [-0.2, 0) is 4.79 Å². The molecule has 1 aromatic heterocycles. The summed E-state index contributed by atoms with van der Waals surface area (Å²) in [5, 5.41) is 11.3. The molecule has 4 nitrogen and oxygen atoms in total. The Kier molecular flexibility index (Phi) is 6.53. The van der Waals surface area contributed by atoms with Crippen LogP contribution in [0.1, 0.15) is 48.6 Å². The van der Waals surface area contributed by atoms with Gasteiger partial charge in [-0.05, 0) is 37.5 Å². The maximum Gasteiger partial charge on any atom is 0.311 e. The number of ether oxygens (including phenoxy) is 1. The minimum absolute atomic E-state index is 0.0464. The van der Waals surface area contributed by atoms with Crippen molar-refractivity contribution in [1.29, 1.82) is 0 Å². The van der Waals surface area contributed by atoms with Gasteiger partial charge in [-0.25, -0.2) is 0 Å². The second kappa shape index (κ2) is 8.78. The molecule has 0 aliphatic carbocycles. The standard InChI is InChI=1S/C24H26ClNO3S/c1-6-14(3)21(24(27)28)22-15(4)26(23(30)16-9-7-13(2)8-10-16)19-12-18(25)20(29-5)11-17(19)22/h7-12,14,21H,6H2,1-5H3,(H,27,28)/t14?,21-/m0/s1. The summed E-state index contributed by atoms with van der Waals surface area (Å²) in [6.07, 6.45) is 0.746. The van der Waals surface area contributed by atoms with Gasteiger partial charge in [0.05, 0.1) is 23.6 Å². The van der Waals surface area contributed by atoms with E-state index in [1.165, 1.54) is 0 Å². The van der Waals surface area contributed by atoms with E-state index in [0.29, 0.717) is 15.8 Å². The molecule has 1 heterocycles. The second-order valence-electron chi connectivity index (χ2n) is 7.71. The van der Waals surface area contributed by atoms with Gasteiger partial charge >= 0.3 is 5.97 Å². The van der Waals surface area contributed by atoms with Crippen molar-refractivity contribution >= 4 is 45.7 Å². The van der Waals surface area contributed by atoms with Gasteiger partial charge in [-0.1, -0.05) is 73.9 Å². The Hall–Kier alpha value is -2.37. The fourth-order valence-electron chi connectivity index (χ4n) is 3.96. The molecule has 0 saturated carbocycles. The third-order valence-electron chi connectivity index (χ3n) is 5.82. The summed E-state index contributed by atoms with van der Waals surface area (Å²) in [6, 6.07) is 11.6. The largest absolute Gasteiger partial charge is 0.495 e. The first-order chi connectivity index (χ1) is 14.2. The highest BCUT2D eigenvalue weighted by atomic mass is 35.5. The molecule has 2 aromatic carbocycles. The Morgan fingerprint density at radius 2 is 1.87 bits per heavy atom. The number of hydrogen-bond acceptors (Lipinski definition) is 3. The highest BCUT2D eigenvalue weighted by molar-refractivity contribution is 7.80. The van der Waals surface area contributed by atoms with E-state index in [-0.39, 0.29) is 5.92 Å². The molecule has 0 radical (unpaired) electrons. The Labute approximate surface area is 187 Å². The molecule has 1 N–H and O–H groups in total. The molecule has 0 spiro atoms. The molecule has 6 heteroatoms. The summed E-state index contributed by atoms with van der Waals surface area (Å²) in [7, 11) is 1.55. The first-order valence-corrected chi connectivity index (χ1v) is 10.7. The van der Waals surface area contributed by atoms with Gasteiger partial charge in [0.2, 0.25) is 0 Å². The second-order valence-corrected chi connectivity index (χ2v) is 8.50. The summed E-state index contributed by atoms with van der Waals surface area (Å²) in [5.74, 6) is -1.04. The van der Waals surface area contributed by atoms with Crippen molar-refractivity contribution in [3.05, 3.63) is 63.8 Å². The zero-order valence-electron chi connectivity index (χ0n) is 17.8. The average Bonchev–Trinajstić information content (AvgIpc) is 2.98. The number of fused-ring (bicyclic) bond motifs is 1. The third-order valence-corrected chi connectivity index (χ3v) is 6.53. The zero-order chi connectivity index (χ0) is 22.2. The molecule has 2 atom stereocenters. The van der Waals surface area contributed by atoms with Crippen LogP contribution in [0.2, 0.25) is 5.02 Å². The van der Waals surface area contributed by atoms with E-state index in [1.807, 2.05) is 68.7 Å². The third kappa shape index (κ3) is 3.84.